The monoisotopic (exact) mass is 373 g/mol. The van der Waals surface area contributed by atoms with Gasteiger partial charge in [0.15, 0.2) is 10.3 Å². The lowest BCUT2D eigenvalue weighted by Crippen LogP contribution is -2.22. The van der Waals surface area contributed by atoms with Gasteiger partial charge in [0.2, 0.25) is 5.91 Å². The summed E-state index contributed by atoms with van der Waals surface area (Å²) in [5.41, 5.74) is 1.19. The molecule has 8 heteroatoms. The average molecular weight is 374 g/mol. The summed E-state index contributed by atoms with van der Waals surface area (Å²) < 4.78 is 2.06. The largest absolute Gasteiger partial charge is 0.306 e. The van der Waals surface area contributed by atoms with E-state index < -0.39 is 0 Å². The van der Waals surface area contributed by atoms with Crippen LogP contribution in [0.5, 0.6) is 0 Å². The number of thioether (sulfide) groups is 1. The summed E-state index contributed by atoms with van der Waals surface area (Å²) in [4.78, 5) is 16.4. The van der Waals surface area contributed by atoms with Crippen LogP contribution >= 0.6 is 23.1 Å². The van der Waals surface area contributed by atoms with E-state index in [0.29, 0.717) is 5.13 Å². The number of benzene rings is 1. The maximum absolute atomic E-state index is 12.3. The molecule has 3 rings (SSSR count). The van der Waals surface area contributed by atoms with Gasteiger partial charge in [0.05, 0.1) is 5.25 Å². The number of hydrogen-bond donors (Lipinski definition) is 1. The van der Waals surface area contributed by atoms with Gasteiger partial charge in [-0.2, -0.15) is 0 Å². The Labute approximate surface area is 154 Å². The second kappa shape index (κ2) is 8.26. The molecule has 1 aromatic carbocycles. The van der Waals surface area contributed by atoms with Gasteiger partial charge in [-0.15, -0.1) is 21.5 Å². The van der Waals surface area contributed by atoms with E-state index in [1.807, 2.05) is 30.5 Å². The van der Waals surface area contributed by atoms with Gasteiger partial charge >= 0.3 is 0 Å². The van der Waals surface area contributed by atoms with Crippen molar-refractivity contribution < 1.29 is 4.79 Å². The predicted octanol–water partition coefficient (Wildman–Crippen LogP) is 3.46. The van der Waals surface area contributed by atoms with Crippen molar-refractivity contribution in [2.45, 2.75) is 37.2 Å². The topological polar surface area (TPSA) is 72.7 Å². The molecule has 0 fully saturated rings. The lowest BCUT2D eigenvalue weighted by molar-refractivity contribution is -0.115. The maximum atomic E-state index is 12.3. The van der Waals surface area contributed by atoms with Gasteiger partial charge < -0.3 is 9.88 Å². The number of aromatic nitrogens is 4. The van der Waals surface area contributed by atoms with Crippen LogP contribution in [0.25, 0.3) is 0 Å². The van der Waals surface area contributed by atoms with Gasteiger partial charge in [0.1, 0.15) is 5.82 Å². The van der Waals surface area contributed by atoms with Crippen molar-refractivity contribution in [3.05, 3.63) is 53.3 Å². The van der Waals surface area contributed by atoms with Crippen LogP contribution in [0.2, 0.25) is 0 Å². The molecular formula is C17H19N5OS2. The Morgan fingerprint density at radius 3 is 2.80 bits per heavy atom. The second-order valence-electron chi connectivity index (χ2n) is 5.39. The SMILES string of the molecule is CCn1c(Cc2ccccc2)nnc1S[C@@H](C)C(=O)Nc1nccs1. The molecule has 0 aliphatic rings. The Kier molecular flexibility index (Phi) is 5.83. The van der Waals surface area contributed by atoms with Crippen LogP contribution < -0.4 is 5.32 Å². The average Bonchev–Trinajstić information content (AvgIpc) is 3.25. The van der Waals surface area contributed by atoms with Crippen LogP contribution in [0.15, 0.2) is 47.1 Å². The van der Waals surface area contributed by atoms with Gasteiger partial charge in [-0.1, -0.05) is 42.1 Å². The molecule has 0 saturated heterocycles. The molecule has 0 bridgehead atoms. The van der Waals surface area contributed by atoms with E-state index in [2.05, 4.69) is 44.1 Å². The first kappa shape index (κ1) is 17.6. The highest BCUT2D eigenvalue weighted by atomic mass is 32.2. The number of thiazole rings is 1. The Morgan fingerprint density at radius 1 is 1.32 bits per heavy atom. The van der Waals surface area contributed by atoms with Gasteiger partial charge in [-0.3, -0.25) is 4.79 Å². The lowest BCUT2D eigenvalue weighted by atomic mass is 10.1. The first-order chi connectivity index (χ1) is 12.2. The molecule has 0 unspecified atom stereocenters. The standard InChI is InChI=1S/C17H19N5OS2/c1-3-22-14(11-13-7-5-4-6-8-13)20-21-17(22)25-12(2)15(23)19-16-18-9-10-24-16/h4-10,12H,3,11H2,1-2H3,(H,18,19,23)/t12-/m0/s1. The quantitative estimate of drug-likeness (QED) is 0.642. The molecule has 0 spiro atoms. The minimum atomic E-state index is -0.289. The zero-order valence-corrected chi connectivity index (χ0v) is 15.7. The van der Waals surface area contributed by atoms with Gasteiger partial charge in [-0.05, 0) is 19.4 Å². The van der Waals surface area contributed by atoms with Crippen molar-refractivity contribution in [3.8, 4) is 0 Å². The van der Waals surface area contributed by atoms with E-state index in [-0.39, 0.29) is 11.2 Å². The highest BCUT2D eigenvalue weighted by molar-refractivity contribution is 8.00. The van der Waals surface area contributed by atoms with E-state index >= 15 is 0 Å². The molecule has 0 aliphatic carbocycles. The summed E-state index contributed by atoms with van der Waals surface area (Å²) in [6, 6.07) is 10.2. The van der Waals surface area contributed by atoms with Crippen molar-refractivity contribution in [2.75, 3.05) is 5.32 Å². The Bertz CT molecular complexity index is 817. The first-order valence-corrected chi connectivity index (χ1v) is 9.76. The third-order valence-electron chi connectivity index (χ3n) is 3.63. The molecule has 0 radical (unpaired) electrons. The fourth-order valence-electron chi connectivity index (χ4n) is 2.34. The van der Waals surface area contributed by atoms with Crippen LogP contribution in [0.4, 0.5) is 5.13 Å². The first-order valence-electron chi connectivity index (χ1n) is 8.00. The number of rotatable bonds is 7. The van der Waals surface area contributed by atoms with Crippen LogP contribution in [0.3, 0.4) is 0 Å². The minimum absolute atomic E-state index is 0.0878. The Morgan fingerprint density at radius 2 is 2.12 bits per heavy atom. The fourth-order valence-corrected chi connectivity index (χ4v) is 3.80. The third-order valence-corrected chi connectivity index (χ3v) is 5.40. The van der Waals surface area contributed by atoms with Gasteiger partial charge in [0.25, 0.3) is 0 Å². The summed E-state index contributed by atoms with van der Waals surface area (Å²) in [5, 5.41) is 14.3. The molecule has 130 valence electrons. The molecule has 3 aromatic rings. The molecule has 0 aliphatic heterocycles. The molecule has 1 atom stereocenters. The molecule has 0 saturated carbocycles. The van der Waals surface area contributed by atoms with E-state index in [1.165, 1.54) is 28.7 Å². The van der Waals surface area contributed by atoms with Gasteiger partial charge in [0, 0.05) is 24.5 Å². The normalized spacial score (nSPS) is 12.1. The Hall–Kier alpha value is -2.19. The van der Waals surface area contributed by atoms with E-state index in [9.17, 15) is 4.79 Å². The third kappa shape index (κ3) is 4.46. The molecule has 25 heavy (non-hydrogen) atoms. The molecule has 2 aromatic heterocycles. The summed E-state index contributed by atoms with van der Waals surface area (Å²) in [6.07, 6.45) is 2.39. The smallest absolute Gasteiger partial charge is 0.239 e. The van der Waals surface area contributed by atoms with Crippen LogP contribution in [0, 0.1) is 0 Å². The predicted molar refractivity (Wildman–Crippen MR) is 101 cm³/mol. The summed E-state index contributed by atoms with van der Waals surface area (Å²) >= 11 is 2.81. The number of nitrogens with one attached hydrogen (secondary N) is 1. The maximum Gasteiger partial charge on any atom is 0.239 e. The number of hydrogen-bond acceptors (Lipinski definition) is 6. The van der Waals surface area contributed by atoms with Gasteiger partial charge in [-0.25, -0.2) is 4.98 Å². The number of carbonyl (C=O) groups excluding carboxylic acids is 1. The zero-order chi connectivity index (χ0) is 17.6. The summed E-state index contributed by atoms with van der Waals surface area (Å²) in [6.45, 7) is 4.68. The molecule has 2 heterocycles. The Balaban J connectivity index is 1.68. The lowest BCUT2D eigenvalue weighted by Gasteiger charge is -2.11. The van der Waals surface area contributed by atoms with Crippen molar-refractivity contribution in [1.29, 1.82) is 0 Å². The van der Waals surface area contributed by atoms with E-state index in [0.717, 1.165) is 23.9 Å². The number of carbonyl (C=O) groups is 1. The second-order valence-corrected chi connectivity index (χ2v) is 7.59. The van der Waals surface area contributed by atoms with Crippen LogP contribution in [-0.4, -0.2) is 30.9 Å². The summed E-state index contributed by atoms with van der Waals surface area (Å²) in [5.74, 6) is 0.818. The zero-order valence-electron chi connectivity index (χ0n) is 14.0. The molecule has 6 nitrogen and oxygen atoms in total. The van der Waals surface area contributed by atoms with Crippen molar-refractivity contribution >= 4 is 34.1 Å². The number of amides is 1. The van der Waals surface area contributed by atoms with Crippen molar-refractivity contribution in [3.63, 3.8) is 0 Å². The molecule has 1 N–H and O–H groups in total. The van der Waals surface area contributed by atoms with E-state index in [1.54, 1.807) is 6.20 Å². The summed E-state index contributed by atoms with van der Waals surface area (Å²) in [7, 11) is 0. The highest BCUT2D eigenvalue weighted by Gasteiger charge is 2.20. The number of nitrogens with zero attached hydrogens (tertiary/aromatic N) is 4. The molecule has 1 amide bonds. The van der Waals surface area contributed by atoms with Crippen molar-refractivity contribution in [2.24, 2.45) is 0 Å². The minimum Gasteiger partial charge on any atom is -0.306 e. The highest BCUT2D eigenvalue weighted by Crippen LogP contribution is 2.24. The van der Waals surface area contributed by atoms with Crippen molar-refractivity contribution in [1.82, 2.24) is 19.7 Å². The van der Waals surface area contributed by atoms with E-state index in [4.69, 9.17) is 0 Å². The number of anilines is 1. The fraction of sp³-hybridized carbons (Fsp3) is 0.294. The molecular weight excluding hydrogens is 354 g/mol. The van der Waals surface area contributed by atoms with Crippen LogP contribution in [-0.2, 0) is 17.8 Å². The van der Waals surface area contributed by atoms with Crippen LogP contribution in [0.1, 0.15) is 25.2 Å².